The number of hydrogen-bond acceptors (Lipinski definition) is 3. The number of rotatable bonds is 4. The van der Waals surface area contributed by atoms with Crippen molar-refractivity contribution in [2.24, 2.45) is 0 Å². The molecule has 3 rings (SSSR count). The summed E-state index contributed by atoms with van der Waals surface area (Å²) in [6.45, 7) is 5.47. The van der Waals surface area contributed by atoms with Crippen molar-refractivity contribution in [3.05, 3.63) is 52.0 Å². The molecule has 138 valence electrons. The summed E-state index contributed by atoms with van der Waals surface area (Å²) in [6, 6.07) is 10.7. The molecule has 0 aliphatic carbocycles. The molecule has 1 aliphatic heterocycles. The molecular formula is C19H21BrN2O3S. The van der Waals surface area contributed by atoms with Gasteiger partial charge in [-0.2, -0.15) is 0 Å². The maximum atomic E-state index is 12.9. The van der Waals surface area contributed by atoms with Crippen LogP contribution in [0.3, 0.4) is 0 Å². The van der Waals surface area contributed by atoms with Crippen molar-refractivity contribution >= 4 is 43.2 Å². The van der Waals surface area contributed by atoms with E-state index >= 15 is 0 Å². The molecule has 0 saturated heterocycles. The van der Waals surface area contributed by atoms with Gasteiger partial charge < -0.3 is 4.90 Å². The first-order valence-corrected chi connectivity index (χ1v) is 10.7. The van der Waals surface area contributed by atoms with Crippen LogP contribution in [0.2, 0.25) is 0 Å². The zero-order valence-corrected chi connectivity index (χ0v) is 17.3. The summed E-state index contributed by atoms with van der Waals surface area (Å²) >= 11 is 3.38. The van der Waals surface area contributed by atoms with Crippen LogP contribution in [0.5, 0.6) is 0 Å². The Labute approximate surface area is 162 Å². The first-order valence-electron chi connectivity index (χ1n) is 8.47. The number of benzene rings is 2. The zero-order valence-electron chi connectivity index (χ0n) is 14.9. The third kappa shape index (κ3) is 3.50. The quantitative estimate of drug-likeness (QED) is 0.783. The summed E-state index contributed by atoms with van der Waals surface area (Å²) in [5.41, 5.74) is 3.20. The van der Waals surface area contributed by atoms with E-state index in [4.69, 9.17) is 0 Å². The molecule has 0 radical (unpaired) electrons. The summed E-state index contributed by atoms with van der Waals surface area (Å²) in [5, 5.41) is 0. The van der Waals surface area contributed by atoms with Crippen LogP contribution in [0.1, 0.15) is 31.9 Å². The van der Waals surface area contributed by atoms with Gasteiger partial charge in [0, 0.05) is 28.8 Å². The second-order valence-corrected chi connectivity index (χ2v) is 9.02. The van der Waals surface area contributed by atoms with Gasteiger partial charge in [0.15, 0.2) is 0 Å². The molecule has 1 unspecified atom stereocenters. The second kappa shape index (κ2) is 7.04. The minimum absolute atomic E-state index is 0.0153. The maximum absolute atomic E-state index is 12.9. The average Bonchev–Trinajstić information content (AvgIpc) is 2.88. The molecule has 2 aromatic rings. The standard InChI is InChI=1S/C19H21BrN2O3S/c1-4-14-6-5-7-16(9-14)21-26(24,25)19-11-18-15(10-17(19)20)8-12(2)22(18)13(3)23/h5-7,9-12,21H,4,8H2,1-3H3. The van der Waals surface area contributed by atoms with E-state index in [-0.39, 0.29) is 16.8 Å². The molecule has 2 aromatic carbocycles. The van der Waals surface area contributed by atoms with Gasteiger partial charge in [0.25, 0.3) is 10.0 Å². The van der Waals surface area contributed by atoms with Crippen molar-refractivity contribution in [3.8, 4) is 0 Å². The number of amides is 1. The van der Waals surface area contributed by atoms with Gasteiger partial charge in [-0.15, -0.1) is 0 Å². The normalized spacial score (nSPS) is 16.5. The number of anilines is 2. The van der Waals surface area contributed by atoms with Gasteiger partial charge in [0.05, 0.1) is 0 Å². The van der Waals surface area contributed by atoms with Crippen molar-refractivity contribution in [2.75, 3.05) is 9.62 Å². The second-order valence-electron chi connectivity index (χ2n) is 6.51. The SMILES string of the molecule is CCc1cccc(NS(=O)(=O)c2cc3c(cc2Br)CC(C)N3C(C)=O)c1. The Balaban J connectivity index is 2.02. The Hall–Kier alpha value is -1.86. The third-order valence-electron chi connectivity index (χ3n) is 4.57. The van der Waals surface area contributed by atoms with Crippen LogP contribution in [-0.2, 0) is 27.7 Å². The predicted molar refractivity (Wildman–Crippen MR) is 107 cm³/mol. The molecule has 1 aliphatic rings. The molecule has 1 N–H and O–H groups in total. The number of hydrogen-bond donors (Lipinski definition) is 1. The number of nitrogens with zero attached hydrogens (tertiary/aromatic N) is 1. The summed E-state index contributed by atoms with van der Waals surface area (Å²) in [7, 11) is -3.79. The van der Waals surface area contributed by atoms with E-state index in [1.807, 2.05) is 32.0 Å². The number of carbonyl (C=O) groups excluding carboxylic acids is 1. The fourth-order valence-electron chi connectivity index (χ4n) is 3.37. The number of nitrogens with one attached hydrogen (secondary N) is 1. The molecule has 5 nitrogen and oxygen atoms in total. The lowest BCUT2D eigenvalue weighted by Gasteiger charge is -2.21. The predicted octanol–water partition coefficient (Wildman–Crippen LogP) is 4.11. The summed E-state index contributed by atoms with van der Waals surface area (Å²) in [4.78, 5) is 13.8. The fourth-order valence-corrected chi connectivity index (χ4v) is 5.53. The van der Waals surface area contributed by atoms with E-state index in [2.05, 4.69) is 20.7 Å². The molecule has 0 bridgehead atoms. The molecule has 0 fully saturated rings. The van der Waals surface area contributed by atoms with Crippen molar-refractivity contribution in [1.29, 1.82) is 0 Å². The highest BCUT2D eigenvalue weighted by molar-refractivity contribution is 9.10. The minimum Gasteiger partial charge on any atom is -0.309 e. The van der Waals surface area contributed by atoms with Crippen LogP contribution in [0.15, 0.2) is 45.8 Å². The zero-order chi connectivity index (χ0) is 19.1. The first-order chi connectivity index (χ1) is 12.2. The van der Waals surface area contributed by atoms with E-state index in [1.165, 1.54) is 6.92 Å². The smallest absolute Gasteiger partial charge is 0.263 e. The molecule has 0 saturated carbocycles. The molecule has 7 heteroatoms. The number of carbonyl (C=O) groups is 1. The van der Waals surface area contributed by atoms with Crippen molar-refractivity contribution in [1.82, 2.24) is 0 Å². The van der Waals surface area contributed by atoms with Gasteiger partial charge in [-0.05, 0) is 71.1 Å². The average molecular weight is 437 g/mol. The highest BCUT2D eigenvalue weighted by Gasteiger charge is 2.32. The topological polar surface area (TPSA) is 66.5 Å². The summed E-state index contributed by atoms with van der Waals surface area (Å²) < 4.78 is 29.0. The number of aryl methyl sites for hydroxylation is 1. The number of sulfonamides is 1. The minimum atomic E-state index is -3.79. The fraction of sp³-hybridized carbons (Fsp3) is 0.316. The van der Waals surface area contributed by atoms with E-state index in [1.54, 1.807) is 23.1 Å². The van der Waals surface area contributed by atoms with Crippen LogP contribution in [0.4, 0.5) is 11.4 Å². The molecule has 0 spiro atoms. The first kappa shape index (κ1) is 18.9. The highest BCUT2D eigenvalue weighted by Crippen LogP contribution is 2.38. The van der Waals surface area contributed by atoms with E-state index in [0.29, 0.717) is 22.3 Å². The third-order valence-corrected chi connectivity index (χ3v) is 6.90. The number of fused-ring (bicyclic) bond motifs is 1. The lowest BCUT2D eigenvalue weighted by molar-refractivity contribution is -0.116. The Kier molecular flexibility index (Phi) is 5.12. The van der Waals surface area contributed by atoms with Crippen molar-refractivity contribution < 1.29 is 13.2 Å². The Morgan fingerprint density at radius 3 is 2.69 bits per heavy atom. The van der Waals surface area contributed by atoms with Gasteiger partial charge in [0.2, 0.25) is 5.91 Å². The molecular weight excluding hydrogens is 416 g/mol. The van der Waals surface area contributed by atoms with E-state index < -0.39 is 10.0 Å². The van der Waals surface area contributed by atoms with Crippen LogP contribution in [-0.4, -0.2) is 20.4 Å². The van der Waals surface area contributed by atoms with Crippen LogP contribution < -0.4 is 9.62 Å². The lowest BCUT2D eigenvalue weighted by Crippen LogP contribution is -2.33. The van der Waals surface area contributed by atoms with Crippen molar-refractivity contribution in [2.45, 2.75) is 44.6 Å². The summed E-state index contributed by atoms with van der Waals surface area (Å²) in [6.07, 6.45) is 1.53. The van der Waals surface area contributed by atoms with Crippen molar-refractivity contribution in [3.63, 3.8) is 0 Å². The molecule has 1 heterocycles. The van der Waals surface area contributed by atoms with Gasteiger partial charge in [-0.3, -0.25) is 9.52 Å². The lowest BCUT2D eigenvalue weighted by atomic mass is 10.1. The van der Waals surface area contributed by atoms with Gasteiger partial charge in [-0.25, -0.2) is 8.42 Å². The van der Waals surface area contributed by atoms with Crippen LogP contribution >= 0.6 is 15.9 Å². The highest BCUT2D eigenvalue weighted by atomic mass is 79.9. The Morgan fingerprint density at radius 1 is 1.31 bits per heavy atom. The molecule has 1 amide bonds. The van der Waals surface area contributed by atoms with Gasteiger partial charge in [0.1, 0.15) is 4.90 Å². The largest absolute Gasteiger partial charge is 0.309 e. The molecule has 0 aromatic heterocycles. The molecule has 1 atom stereocenters. The Bertz CT molecular complexity index is 973. The Morgan fingerprint density at radius 2 is 2.04 bits per heavy atom. The maximum Gasteiger partial charge on any atom is 0.263 e. The monoisotopic (exact) mass is 436 g/mol. The van der Waals surface area contributed by atoms with E-state index in [9.17, 15) is 13.2 Å². The summed E-state index contributed by atoms with van der Waals surface area (Å²) in [5.74, 6) is -0.0921. The van der Waals surface area contributed by atoms with Crippen LogP contribution in [0, 0.1) is 0 Å². The van der Waals surface area contributed by atoms with E-state index in [0.717, 1.165) is 17.5 Å². The number of halogens is 1. The van der Waals surface area contributed by atoms with Gasteiger partial charge >= 0.3 is 0 Å². The van der Waals surface area contributed by atoms with Crippen LogP contribution in [0.25, 0.3) is 0 Å². The van der Waals surface area contributed by atoms with Gasteiger partial charge in [-0.1, -0.05) is 19.1 Å². The molecule has 26 heavy (non-hydrogen) atoms.